The summed E-state index contributed by atoms with van der Waals surface area (Å²) >= 11 is 17.6. The number of amides is 1. The molecule has 0 spiro atoms. The molecule has 0 radical (unpaired) electrons. The van der Waals surface area contributed by atoms with E-state index in [1.807, 2.05) is 0 Å². The van der Waals surface area contributed by atoms with Crippen LogP contribution in [0.25, 0.3) is 6.08 Å². The molecule has 0 aliphatic rings. The normalized spacial score (nSPS) is 10.6. The quantitative estimate of drug-likeness (QED) is 0.592. The van der Waals surface area contributed by atoms with Crippen molar-refractivity contribution >= 4 is 58.4 Å². The molecule has 2 aromatic carbocycles. The van der Waals surface area contributed by atoms with Gasteiger partial charge in [-0.1, -0.05) is 46.9 Å². The average Bonchev–Trinajstić information content (AvgIpc) is 2.54. The summed E-state index contributed by atoms with van der Waals surface area (Å²) in [7, 11) is 0. The van der Waals surface area contributed by atoms with Crippen molar-refractivity contribution in [2.45, 2.75) is 0 Å². The van der Waals surface area contributed by atoms with E-state index < -0.39 is 18.5 Å². The third kappa shape index (κ3) is 5.89. The molecule has 2 rings (SSSR count). The van der Waals surface area contributed by atoms with Crippen molar-refractivity contribution < 1.29 is 14.3 Å². The molecule has 0 aliphatic heterocycles. The summed E-state index contributed by atoms with van der Waals surface area (Å²) in [5, 5.41) is 3.83. The van der Waals surface area contributed by atoms with Crippen molar-refractivity contribution in [1.29, 1.82) is 0 Å². The van der Waals surface area contributed by atoms with Crippen LogP contribution in [0.15, 0.2) is 48.5 Å². The van der Waals surface area contributed by atoms with Crippen molar-refractivity contribution in [3.05, 3.63) is 69.2 Å². The van der Waals surface area contributed by atoms with Crippen LogP contribution in [0.4, 0.5) is 5.69 Å². The Hall–Kier alpha value is -2.01. The van der Waals surface area contributed by atoms with E-state index in [2.05, 4.69) is 5.32 Å². The van der Waals surface area contributed by atoms with E-state index in [0.717, 1.165) is 5.56 Å². The first kappa shape index (κ1) is 18.3. The van der Waals surface area contributed by atoms with E-state index in [1.165, 1.54) is 12.1 Å². The van der Waals surface area contributed by atoms with Crippen LogP contribution in [0.1, 0.15) is 5.56 Å². The number of halogens is 3. The summed E-state index contributed by atoms with van der Waals surface area (Å²) < 4.78 is 4.85. The summed E-state index contributed by atoms with van der Waals surface area (Å²) in [6, 6.07) is 11.6. The van der Waals surface area contributed by atoms with E-state index in [9.17, 15) is 9.59 Å². The van der Waals surface area contributed by atoms with Crippen LogP contribution in [-0.4, -0.2) is 18.5 Å². The van der Waals surface area contributed by atoms with Crippen LogP contribution < -0.4 is 5.32 Å². The Morgan fingerprint density at radius 3 is 2.54 bits per heavy atom. The molecule has 0 saturated heterocycles. The number of esters is 1. The van der Waals surface area contributed by atoms with E-state index in [-0.39, 0.29) is 0 Å². The van der Waals surface area contributed by atoms with Crippen molar-refractivity contribution in [3.63, 3.8) is 0 Å². The van der Waals surface area contributed by atoms with Gasteiger partial charge in [0.05, 0.1) is 10.7 Å². The fourth-order valence-corrected chi connectivity index (χ4v) is 2.27. The van der Waals surface area contributed by atoms with E-state index >= 15 is 0 Å². The van der Waals surface area contributed by atoms with Gasteiger partial charge in [-0.25, -0.2) is 4.79 Å². The Labute approximate surface area is 154 Å². The van der Waals surface area contributed by atoms with Gasteiger partial charge < -0.3 is 10.1 Å². The van der Waals surface area contributed by atoms with Gasteiger partial charge in [-0.15, -0.1) is 0 Å². The molecule has 1 N–H and O–H groups in total. The number of rotatable bonds is 5. The maximum absolute atomic E-state index is 11.8. The predicted octanol–water partition coefficient (Wildman–Crippen LogP) is 4.84. The lowest BCUT2D eigenvalue weighted by Gasteiger charge is -2.07. The second-order valence-electron chi connectivity index (χ2n) is 4.67. The van der Waals surface area contributed by atoms with Gasteiger partial charge in [0.25, 0.3) is 5.91 Å². The fraction of sp³-hybridized carbons (Fsp3) is 0.0588. The Morgan fingerprint density at radius 2 is 1.79 bits per heavy atom. The largest absolute Gasteiger partial charge is 0.452 e. The van der Waals surface area contributed by atoms with Crippen LogP contribution in [-0.2, 0) is 14.3 Å². The summed E-state index contributed by atoms with van der Waals surface area (Å²) in [5.74, 6) is -1.18. The first-order valence-electron chi connectivity index (χ1n) is 6.79. The molecule has 0 saturated carbocycles. The molecule has 0 fully saturated rings. The minimum absolute atomic E-state index is 0.333. The van der Waals surface area contributed by atoms with Crippen molar-refractivity contribution in [3.8, 4) is 0 Å². The van der Waals surface area contributed by atoms with Gasteiger partial charge in [0.1, 0.15) is 0 Å². The van der Waals surface area contributed by atoms with Crippen molar-refractivity contribution in [2.75, 3.05) is 11.9 Å². The third-order valence-corrected chi connectivity index (χ3v) is 3.61. The molecule has 0 atom stereocenters. The SMILES string of the molecule is O=C(COC(=O)/C=C/c1cccc(Cl)c1)Nc1cc(Cl)ccc1Cl. The van der Waals surface area contributed by atoms with Crippen LogP contribution in [0.3, 0.4) is 0 Å². The molecule has 0 heterocycles. The van der Waals surface area contributed by atoms with Crippen LogP contribution in [0.2, 0.25) is 15.1 Å². The maximum Gasteiger partial charge on any atom is 0.331 e. The first-order valence-corrected chi connectivity index (χ1v) is 7.93. The lowest BCUT2D eigenvalue weighted by molar-refractivity contribution is -0.142. The molecular formula is C17H12Cl3NO3. The smallest absolute Gasteiger partial charge is 0.331 e. The Kier molecular flexibility index (Phi) is 6.67. The van der Waals surface area contributed by atoms with Crippen molar-refractivity contribution in [2.24, 2.45) is 0 Å². The van der Waals surface area contributed by atoms with Crippen molar-refractivity contribution in [1.82, 2.24) is 0 Å². The van der Waals surface area contributed by atoms with E-state index in [0.29, 0.717) is 20.8 Å². The number of carbonyl (C=O) groups excluding carboxylic acids is 2. The number of hydrogen-bond donors (Lipinski definition) is 1. The number of ether oxygens (including phenoxy) is 1. The highest BCUT2D eigenvalue weighted by atomic mass is 35.5. The fourth-order valence-electron chi connectivity index (χ4n) is 1.74. The average molecular weight is 385 g/mol. The molecule has 0 aliphatic carbocycles. The van der Waals surface area contributed by atoms with Gasteiger partial charge >= 0.3 is 5.97 Å². The molecule has 24 heavy (non-hydrogen) atoms. The molecule has 0 unspecified atom stereocenters. The topological polar surface area (TPSA) is 55.4 Å². The summed E-state index contributed by atoms with van der Waals surface area (Å²) in [5.41, 5.74) is 1.09. The number of benzene rings is 2. The molecule has 1 amide bonds. The first-order chi connectivity index (χ1) is 11.4. The maximum atomic E-state index is 11.8. The zero-order valence-electron chi connectivity index (χ0n) is 12.3. The minimum atomic E-state index is -0.651. The summed E-state index contributed by atoms with van der Waals surface area (Å²) in [6.07, 6.45) is 2.76. The van der Waals surface area contributed by atoms with Gasteiger partial charge in [-0.3, -0.25) is 4.79 Å². The number of carbonyl (C=O) groups is 2. The predicted molar refractivity (Wildman–Crippen MR) is 96.5 cm³/mol. The molecule has 2 aromatic rings. The minimum Gasteiger partial charge on any atom is -0.452 e. The third-order valence-electron chi connectivity index (χ3n) is 2.81. The lowest BCUT2D eigenvalue weighted by Crippen LogP contribution is -2.20. The monoisotopic (exact) mass is 383 g/mol. The van der Waals surface area contributed by atoms with Crippen LogP contribution >= 0.6 is 34.8 Å². The Bertz CT molecular complexity index is 790. The zero-order chi connectivity index (χ0) is 17.5. The zero-order valence-corrected chi connectivity index (χ0v) is 14.5. The van der Waals surface area contributed by atoms with Gasteiger partial charge in [0.2, 0.25) is 0 Å². The van der Waals surface area contributed by atoms with E-state index in [1.54, 1.807) is 42.5 Å². The second kappa shape index (κ2) is 8.73. The van der Waals surface area contributed by atoms with Gasteiger partial charge in [0.15, 0.2) is 6.61 Å². The van der Waals surface area contributed by atoms with Gasteiger partial charge in [-0.05, 0) is 42.0 Å². The van der Waals surface area contributed by atoms with Crippen LogP contribution in [0, 0.1) is 0 Å². The summed E-state index contributed by atoms with van der Waals surface area (Å²) in [6.45, 7) is -0.443. The molecule has 0 aromatic heterocycles. The molecule has 0 bridgehead atoms. The van der Waals surface area contributed by atoms with Crippen LogP contribution in [0.5, 0.6) is 0 Å². The number of nitrogens with one attached hydrogen (secondary N) is 1. The van der Waals surface area contributed by atoms with Gasteiger partial charge in [-0.2, -0.15) is 0 Å². The van der Waals surface area contributed by atoms with E-state index in [4.69, 9.17) is 39.5 Å². The van der Waals surface area contributed by atoms with Gasteiger partial charge in [0, 0.05) is 16.1 Å². The standard InChI is InChI=1S/C17H12Cl3NO3/c18-12-3-1-2-11(8-12)4-7-17(23)24-10-16(22)21-15-9-13(19)5-6-14(15)20/h1-9H,10H2,(H,21,22)/b7-4+. The highest BCUT2D eigenvalue weighted by Crippen LogP contribution is 2.25. The number of hydrogen-bond acceptors (Lipinski definition) is 3. The number of anilines is 1. The Balaban J connectivity index is 1.85. The molecule has 4 nitrogen and oxygen atoms in total. The lowest BCUT2D eigenvalue weighted by atomic mass is 10.2. The highest BCUT2D eigenvalue weighted by molar-refractivity contribution is 6.35. The second-order valence-corrected chi connectivity index (χ2v) is 5.95. The summed E-state index contributed by atoms with van der Waals surface area (Å²) in [4.78, 5) is 23.4. The molecule has 7 heteroatoms. The highest BCUT2D eigenvalue weighted by Gasteiger charge is 2.08. The molecule has 124 valence electrons. The Morgan fingerprint density at radius 1 is 1.04 bits per heavy atom. The molecular weight excluding hydrogens is 373 g/mol.